The van der Waals surface area contributed by atoms with E-state index in [-0.39, 0.29) is 11.5 Å². The van der Waals surface area contributed by atoms with Crippen molar-refractivity contribution in [1.29, 1.82) is 0 Å². The molecule has 2 rings (SSSR count). The molecule has 1 aliphatic rings. The van der Waals surface area contributed by atoms with Crippen molar-refractivity contribution in [1.82, 2.24) is 0 Å². The van der Waals surface area contributed by atoms with E-state index < -0.39 is 11.8 Å². The molecule has 4 heteroatoms. The van der Waals surface area contributed by atoms with E-state index in [0.29, 0.717) is 0 Å². The third-order valence-electron chi connectivity index (χ3n) is 1.22. The van der Waals surface area contributed by atoms with Crippen LogP contribution in [0.25, 0.3) is 0 Å². The molecule has 0 spiro atoms. The predicted molar refractivity (Wildman–Crippen MR) is 28.7 cm³/mol. The Bertz CT molecular complexity index is 309. The maximum atomic E-state index is 10.7. The van der Waals surface area contributed by atoms with Gasteiger partial charge in [0.1, 0.15) is 0 Å². The Hall–Kier alpha value is -1.58. The van der Waals surface area contributed by atoms with Gasteiger partial charge in [-0.25, -0.2) is 4.79 Å². The average Bonchev–Trinajstić information content (AvgIpc) is 2.41. The van der Waals surface area contributed by atoms with Crippen LogP contribution in [0.3, 0.4) is 0 Å². The number of furan rings is 1. The molecule has 0 unspecified atom stereocenters. The summed E-state index contributed by atoms with van der Waals surface area (Å²) in [6.07, 6.45) is 1.30. The van der Waals surface area contributed by atoms with Gasteiger partial charge >= 0.3 is 11.8 Å². The summed E-state index contributed by atoms with van der Waals surface area (Å²) in [5, 5.41) is 0. The molecule has 0 aromatic carbocycles. The highest BCUT2D eigenvalue weighted by molar-refractivity contribution is 6.43. The second-order valence-corrected chi connectivity index (χ2v) is 1.83. The lowest BCUT2D eigenvalue weighted by Gasteiger charge is -1.82. The Labute approximate surface area is 55.4 Å². The van der Waals surface area contributed by atoms with Crippen molar-refractivity contribution in [3.8, 4) is 5.75 Å². The summed E-state index contributed by atoms with van der Waals surface area (Å²) in [7, 11) is 0. The van der Waals surface area contributed by atoms with Crippen molar-refractivity contribution < 1.29 is 18.7 Å². The highest BCUT2D eigenvalue weighted by Crippen LogP contribution is 2.25. The minimum Gasteiger partial charge on any atom is -0.457 e. The Morgan fingerprint density at radius 3 is 2.80 bits per heavy atom. The van der Waals surface area contributed by atoms with E-state index >= 15 is 0 Å². The highest BCUT2D eigenvalue weighted by atomic mass is 16.6. The minimum atomic E-state index is -0.866. The van der Waals surface area contributed by atoms with Gasteiger partial charge in [0.05, 0.1) is 6.26 Å². The summed E-state index contributed by atoms with van der Waals surface area (Å²) >= 11 is 0. The van der Waals surface area contributed by atoms with Gasteiger partial charge in [0.2, 0.25) is 5.76 Å². The first kappa shape index (κ1) is 5.22. The summed E-state index contributed by atoms with van der Waals surface area (Å²) in [6, 6.07) is 1.43. The van der Waals surface area contributed by atoms with Crippen molar-refractivity contribution in [2.75, 3.05) is 0 Å². The van der Waals surface area contributed by atoms with Crippen LogP contribution in [0.4, 0.5) is 0 Å². The Balaban J connectivity index is 2.63. The molecular formula is C6H2O4. The third kappa shape index (κ3) is 0.452. The van der Waals surface area contributed by atoms with Crippen LogP contribution in [0, 0.1) is 0 Å². The van der Waals surface area contributed by atoms with Gasteiger partial charge in [-0.05, 0) is 0 Å². The quantitative estimate of drug-likeness (QED) is 0.384. The van der Waals surface area contributed by atoms with Gasteiger partial charge in [0.15, 0.2) is 5.75 Å². The lowest BCUT2D eigenvalue weighted by Crippen LogP contribution is -2.10. The molecule has 0 aliphatic carbocycles. The van der Waals surface area contributed by atoms with Crippen LogP contribution < -0.4 is 4.74 Å². The first-order valence-corrected chi connectivity index (χ1v) is 2.63. The number of ketones is 1. The second kappa shape index (κ2) is 1.47. The van der Waals surface area contributed by atoms with Gasteiger partial charge in [-0.3, -0.25) is 4.79 Å². The summed E-state index contributed by atoms with van der Waals surface area (Å²) in [5.41, 5.74) is 0. The Morgan fingerprint density at radius 2 is 2.10 bits per heavy atom. The number of carbonyl (C=O) groups excluding carboxylic acids is 2. The summed E-state index contributed by atoms with van der Waals surface area (Å²) in [4.78, 5) is 21.1. The molecule has 0 radical (unpaired) electrons. The topological polar surface area (TPSA) is 56.5 Å². The van der Waals surface area contributed by atoms with E-state index in [1.165, 1.54) is 12.3 Å². The molecule has 0 fully saturated rings. The van der Waals surface area contributed by atoms with Crippen LogP contribution in [0.15, 0.2) is 16.7 Å². The van der Waals surface area contributed by atoms with Crippen molar-refractivity contribution in [2.45, 2.75) is 0 Å². The Kier molecular flexibility index (Phi) is 0.768. The molecule has 0 bridgehead atoms. The zero-order valence-electron chi connectivity index (χ0n) is 4.79. The van der Waals surface area contributed by atoms with Gasteiger partial charge in [-0.1, -0.05) is 0 Å². The van der Waals surface area contributed by atoms with E-state index in [4.69, 9.17) is 0 Å². The Morgan fingerprint density at radius 1 is 1.30 bits per heavy atom. The van der Waals surface area contributed by atoms with Crippen molar-refractivity contribution in [3.05, 3.63) is 18.1 Å². The van der Waals surface area contributed by atoms with Gasteiger partial charge in [-0.15, -0.1) is 0 Å². The maximum Gasteiger partial charge on any atom is 0.388 e. The van der Waals surface area contributed by atoms with Crippen LogP contribution in [0.1, 0.15) is 10.6 Å². The summed E-state index contributed by atoms with van der Waals surface area (Å²) in [5.74, 6) is -1.35. The molecule has 2 heterocycles. The fourth-order valence-electron chi connectivity index (χ4n) is 0.782. The summed E-state index contributed by atoms with van der Waals surface area (Å²) < 4.78 is 9.14. The molecule has 1 aromatic heterocycles. The molecule has 0 saturated heterocycles. The standard InChI is InChI=1S/C6H2O4/c7-4-5-3(1-2-9-5)10-6(4)8/h1-2H. The lowest BCUT2D eigenvalue weighted by atomic mass is 10.3. The molecule has 0 N–H and O–H groups in total. The van der Waals surface area contributed by atoms with Crippen molar-refractivity contribution in [3.63, 3.8) is 0 Å². The minimum absolute atomic E-state index is 0.00463. The smallest absolute Gasteiger partial charge is 0.388 e. The first-order chi connectivity index (χ1) is 4.79. The SMILES string of the molecule is O=C1Oc2ccoc2C1=O. The molecule has 50 valence electrons. The van der Waals surface area contributed by atoms with Crippen LogP contribution in [-0.4, -0.2) is 11.8 Å². The fourth-order valence-corrected chi connectivity index (χ4v) is 0.782. The molecule has 1 aromatic rings. The predicted octanol–water partition coefficient (Wildman–Crippen LogP) is 0.381. The normalized spacial score (nSPS) is 15.2. The van der Waals surface area contributed by atoms with E-state index in [1.807, 2.05) is 0 Å². The molecule has 10 heavy (non-hydrogen) atoms. The monoisotopic (exact) mass is 138 g/mol. The largest absolute Gasteiger partial charge is 0.457 e. The van der Waals surface area contributed by atoms with Gasteiger partial charge in [0, 0.05) is 6.07 Å². The number of hydrogen-bond acceptors (Lipinski definition) is 4. The second-order valence-electron chi connectivity index (χ2n) is 1.83. The van der Waals surface area contributed by atoms with E-state index in [2.05, 4.69) is 9.15 Å². The zero-order valence-corrected chi connectivity index (χ0v) is 4.79. The van der Waals surface area contributed by atoms with Crippen molar-refractivity contribution in [2.24, 2.45) is 0 Å². The highest BCUT2D eigenvalue weighted by Gasteiger charge is 2.33. The van der Waals surface area contributed by atoms with Gasteiger partial charge in [0.25, 0.3) is 0 Å². The van der Waals surface area contributed by atoms with E-state index in [1.54, 1.807) is 0 Å². The van der Waals surface area contributed by atoms with Crippen LogP contribution in [0.5, 0.6) is 5.75 Å². The molecule has 1 aliphatic heterocycles. The number of ether oxygens (including phenoxy) is 1. The van der Waals surface area contributed by atoms with Crippen LogP contribution in [0.2, 0.25) is 0 Å². The summed E-state index contributed by atoms with van der Waals surface area (Å²) in [6.45, 7) is 0. The maximum absolute atomic E-state index is 10.7. The van der Waals surface area contributed by atoms with Crippen molar-refractivity contribution >= 4 is 11.8 Å². The average molecular weight is 138 g/mol. The number of rotatable bonds is 0. The zero-order chi connectivity index (χ0) is 7.14. The number of fused-ring (bicyclic) bond motifs is 1. The molecule has 0 amide bonds. The third-order valence-corrected chi connectivity index (χ3v) is 1.22. The first-order valence-electron chi connectivity index (χ1n) is 2.63. The molecule has 0 saturated carbocycles. The molecule has 0 atom stereocenters. The lowest BCUT2D eigenvalue weighted by molar-refractivity contribution is -0.128. The van der Waals surface area contributed by atoms with Gasteiger partial charge < -0.3 is 9.15 Å². The molecule has 4 nitrogen and oxygen atoms in total. The van der Waals surface area contributed by atoms with E-state index in [9.17, 15) is 9.59 Å². The fraction of sp³-hybridized carbons (Fsp3) is 0. The van der Waals surface area contributed by atoms with Crippen LogP contribution in [-0.2, 0) is 4.79 Å². The number of carbonyl (C=O) groups is 2. The van der Waals surface area contributed by atoms with E-state index in [0.717, 1.165) is 0 Å². The number of Topliss-reactive ketones (excluding diaryl/α,β-unsaturated/α-hetero) is 1. The van der Waals surface area contributed by atoms with Crippen LogP contribution >= 0.6 is 0 Å². The number of esters is 1. The van der Waals surface area contributed by atoms with Gasteiger partial charge in [-0.2, -0.15) is 0 Å². The number of hydrogen-bond donors (Lipinski definition) is 0. The molecular weight excluding hydrogens is 136 g/mol.